The molecule has 0 fully saturated rings. The van der Waals surface area contributed by atoms with E-state index in [2.05, 4.69) is 10.3 Å². The van der Waals surface area contributed by atoms with Crippen molar-refractivity contribution in [2.75, 3.05) is 11.9 Å². The summed E-state index contributed by atoms with van der Waals surface area (Å²) in [6.07, 6.45) is 4.68. The van der Waals surface area contributed by atoms with E-state index < -0.39 is 0 Å². The van der Waals surface area contributed by atoms with Crippen LogP contribution in [0.5, 0.6) is 0 Å². The second-order valence-electron chi connectivity index (χ2n) is 4.17. The van der Waals surface area contributed by atoms with E-state index in [9.17, 15) is 4.79 Å². The number of nitrogens with two attached hydrogens (primary N) is 1. The van der Waals surface area contributed by atoms with Crippen LogP contribution in [0.25, 0.3) is 0 Å². The maximum atomic E-state index is 11.6. The van der Waals surface area contributed by atoms with Gasteiger partial charge in [-0.2, -0.15) is 0 Å². The molecule has 0 radical (unpaired) electrons. The van der Waals surface area contributed by atoms with Gasteiger partial charge >= 0.3 is 0 Å². The van der Waals surface area contributed by atoms with E-state index >= 15 is 0 Å². The zero-order valence-corrected chi connectivity index (χ0v) is 12.9. The molecule has 0 atom stereocenters. The van der Waals surface area contributed by atoms with E-state index in [1.165, 1.54) is 0 Å². The van der Waals surface area contributed by atoms with Gasteiger partial charge < -0.3 is 11.1 Å². The first-order valence-electron chi connectivity index (χ1n) is 6.16. The Morgan fingerprint density at radius 1 is 1.21 bits per heavy atom. The third-order valence-electron chi connectivity index (χ3n) is 2.51. The Hall–Kier alpha value is -0.840. The molecule has 0 bridgehead atoms. The number of hydrogen-bond acceptors (Lipinski definition) is 3. The van der Waals surface area contributed by atoms with Crippen molar-refractivity contribution in [1.82, 2.24) is 4.98 Å². The van der Waals surface area contributed by atoms with Gasteiger partial charge in [-0.3, -0.25) is 4.79 Å². The molecule has 110 valence electrons. The van der Waals surface area contributed by atoms with Crippen LogP contribution in [0.3, 0.4) is 0 Å². The maximum Gasteiger partial charge on any atom is 0.225 e. The van der Waals surface area contributed by atoms with Gasteiger partial charge in [0.15, 0.2) is 0 Å². The summed E-state index contributed by atoms with van der Waals surface area (Å²) in [7, 11) is 0. The van der Waals surface area contributed by atoms with Crippen molar-refractivity contribution in [2.24, 2.45) is 5.73 Å². The molecule has 1 amide bonds. The number of aryl methyl sites for hydroxylation is 1. The zero-order chi connectivity index (χ0) is 12.5. The summed E-state index contributed by atoms with van der Waals surface area (Å²) in [4.78, 5) is 15.8. The minimum Gasteiger partial charge on any atom is -0.330 e. The van der Waals surface area contributed by atoms with Crippen molar-refractivity contribution < 1.29 is 4.79 Å². The van der Waals surface area contributed by atoms with Crippen molar-refractivity contribution in [3.63, 3.8) is 0 Å². The highest BCUT2D eigenvalue weighted by molar-refractivity contribution is 5.89. The molecule has 0 aliphatic carbocycles. The molecule has 4 nitrogen and oxygen atoms in total. The second-order valence-corrected chi connectivity index (χ2v) is 4.17. The summed E-state index contributed by atoms with van der Waals surface area (Å²) < 4.78 is 0. The Balaban J connectivity index is 0. The number of aromatic nitrogens is 1. The average molecular weight is 308 g/mol. The number of nitrogens with zero attached hydrogens (tertiary/aromatic N) is 1. The van der Waals surface area contributed by atoms with Crippen LogP contribution in [0.2, 0.25) is 0 Å². The van der Waals surface area contributed by atoms with Crippen LogP contribution >= 0.6 is 24.8 Å². The smallest absolute Gasteiger partial charge is 0.225 e. The lowest BCUT2D eigenvalue weighted by Gasteiger charge is -2.04. The predicted octanol–water partition coefficient (Wildman–Crippen LogP) is 3.08. The quantitative estimate of drug-likeness (QED) is 0.761. The number of carbonyl (C=O) groups excluding carboxylic acids is 1. The average Bonchev–Trinajstić information content (AvgIpc) is 2.29. The molecule has 0 saturated heterocycles. The first kappa shape index (κ1) is 20.5. The number of hydrogen-bond donors (Lipinski definition) is 2. The number of nitrogens with one attached hydrogen (secondary N) is 1. The van der Waals surface area contributed by atoms with Gasteiger partial charge in [-0.15, -0.1) is 24.8 Å². The SMILES string of the molecule is Cc1cccc(NC(=O)CCCCCCN)n1.Cl.Cl. The fourth-order valence-corrected chi connectivity index (χ4v) is 1.60. The second kappa shape index (κ2) is 12.2. The number of unbranched alkanes of at least 4 members (excludes halogenated alkanes) is 3. The molecule has 1 heterocycles. The van der Waals surface area contributed by atoms with Crippen molar-refractivity contribution >= 4 is 36.5 Å². The molecule has 0 aliphatic heterocycles. The van der Waals surface area contributed by atoms with E-state index in [0.29, 0.717) is 12.2 Å². The van der Waals surface area contributed by atoms with Crippen molar-refractivity contribution in [3.05, 3.63) is 23.9 Å². The minimum absolute atomic E-state index is 0. The highest BCUT2D eigenvalue weighted by Gasteiger charge is 2.02. The largest absolute Gasteiger partial charge is 0.330 e. The standard InChI is InChI=1S/C13H21N3O.2ClH/c1-11-7-6-8-12(15-11)16-13(17)9-4-2-3-5-10-14;;/h6-8H,2-5,9-10,14H2,1H3,(H,15,16,17);2*1H. The Morgan fingerprint density at radius 3 is 2.53 bits per heavy atom. The molecule has 0 aliphatic rings. The summed E-state index contributed by atoms with van der Waals surface area (Å²) in [5, 5.41) is 2.80. The van der Waals surface area contributed by atoms with Crippen molar-refractivity contribution in [1.29, 1.82) is 0 Å². The molecule has 1 rings (SSSR count). The first-order valence-corrected chi connectivity index (χ1v) is 6.16. The summed E-state index contributed by atoms with van der Waals surface area (Å²) in [6, 6.07) is 5.60. The van der Waals surface area contributed by atoms with Gasteiger partial charge in [-0.1, -0.05) is 18.9 Å². The maximum absolute atomic E-state index is 11.6. The van der Waals surface area contributed by atoms with Crippen molar-refractivity contribution in [3.8, 4) is 0 Å². The third kappa shape index (κ3) is 9.70. The fourth-order valence-electron chi connectivity index (χ4n) is 1.60. The van der Waals surface area contributed by atoms with Crippen LogP contribution < -0.4 is 11.1 Å². The van der Waals surface area contributed by atoms with E-state index in [1.54, 1.807) is 6.07 Å². The summed E-state index contributed by atoms with van der Waals surface area (Å²) >= 11 is 0. The van der Waals surface area contributed by atoms with Crippen LogP contribution in [0.15, 0.2) is 18.2 Å². The number of rotatable bonds is 7. The minimum atomic E-state index is 0. The zero-order valence-electron chi connectivity index (χ0n) is 11.2. The molecule has 0 spiro atoms. The molecule has 0 unspecified atom stereocenters. The van der Waals surface area contributed by atoms with Crippen molar-refractivity contribution in [2.45, 2.75) is 39.0 Å². The van der Waals surface area contributed by atoms with Crippen LogP contribution in [0.4, 0.5) is 5.82 Å². The van der Waals surface area contributed by atoms with Gasteiger partial charge in [0.1, 0.15) is 5.82 Å². The first-order chi connectivity index (χ1) is 8.22. The number of anilines is 1. The fraction of sp³-hybridized carbons (Fsp3) is 0.538. The Labute approximate surface area is 127 Å². The number of amides is 1. The topological polar surface area (TPSA) is 68.0 Å². The lowest BCUT2D eigenvalue weighted by Crippen LogP contribution is -2.12. The highest BCUT2D eigenvalue weighted by atomic mass is 35.5. The van der Waals surface area contributed by atoms with Gasteiger partial charge in [0.05, 0.1) is 0 Å². The molecule has 1 aromatic heterocycles. The van der Waals surface area contributed by atoms with E-state index in [4.69, 9.17) is 5.73 Å². The lowest BCUT2D eigenvalue weighted by atomic mass is 10.1. The Morgan fingerprint density at radius 2 is 1.89 bits per heavy atom. The van der Waals surface area contributed by atoms with Gasteiger partial charge in [-0.25, -0.2) is 4.98 Å². The molecule has 19 heavy (non-hydrogen) atoms. The third-order valence-corrected chi connectivity index (χ3v) is 2.51. The summed E-state index contributed by atoms with van der Waals surface area (Å²) in [6.45, 7) is 2.64. The number of carbonyl (C=O) groups is 1. The van der Waals surface area contributed by atoms with Crippen LogP contribution in [-0.4, -0.2) is 17.4 Å². The highest BCUT2D eigenvalue weighted by Crippen LogP contribution is 2.07. The molecule has 1 aromatic rings. The molecular formula is C13H23Cl2N3O. The predicted molar refractivity (Wildman–Crippen MR) is 84.2 cm³/mol. The van der Waals surface area contributed by atoms with E-state index in [1.807, 2.05) is 19.1 Å². The van der Waals surface area contributed by atoms with E-state index in [0.717, 1.165) is 37.9 Å². The lowest BCUT2D eigenvalue weighted by molar-refractivity contribution is -0.116. The van der Waals surface area contributed by atoms with Crippen LogP contribution in [-0.2, 0) is 4.79 Å². The molecular weight excluding hydrogens is 285 g/mol. The molecule has 0 saturated carbocycles. The summed E-state index contributed by atoms with van der Waals surface area (Å²) in [5.74, 6) is 0.674. The Bertz CT molecular complexity index is 361. The number of halogens is 2. The van der Waals surface area contributed by atoms with Crippen LogP contribution in [0, 0.1) is 6.92 Å². The number of pyridine rings is 1. The van der Waals surface area contributed by atoms with Gasteiger partial charge in [-0.05, 0) is 38.4 Å². The van der Waals surface area contributed by atoms with Gasteiger partial charge in [0, 0.05) is 12.1 Å². The normalized spacial score (nSPS) is 9.16. The van der Waals surface area contributed by atoms with Crippen LogP contribution in [0.1, 0.15) is 37.8 Å². The molecule has 0 aromatic carbocycles. The van der Waals surface area contributed by atoms with E-state index in [-0.39, 0.29) is 30.7 Å². The summed E-state index contributed by atoms with van der Waals surface area (Å²) in [5.41, 5.74) is 6.31. The Kier molecular flexibility index (Phi) is 13.2. The molecule has 3 N–H and O–H groups in total. The molecule has 6 heteroatoms. The van der Waals surface area contributed by atoms with Gasteiger partial charge in [0.2, 0.25) is 5.91 Å². The van der Waals surface area contributed by atoms with Gasteiger partial charge in [0.25, 0.3) is 0 Å². The monoisotopic (exact) mass is 307 g/mol.